The van der Waals surface area contributed by atoms with Crippen molar-refractivity contribution in [1.29, 1.82) is 0 Å². The second kappa shape index (κ2) is 14.1. The summed E-state index contributed by atoms with van der Waals surface area (Å²) in [7, 11) is 0. The van der Waals surface area contributed by atoms with Crippen molar-refractivity contribution in [2.24, 2.45) is 0 Å². The normalized spacial score (nSPS) is 13.8. The summed E-state index contributed by atoms with van der Waals surface area (Å²) >= 11 is 0. The molecule has 1 atom stereocenters. The summed E-state index contributed by atoms with van der Waals surface area (Å²) in [6.45, 7) is 0. The summed E-state index contributed by atoms with van der Waals surface area (Å²) in [4.78, 5) is 0. The Labute approximate surface area is 350 Å². The van der Waals surface area contributed by atoms with Crippen LogP contribution in [0.2, 0.25) is 0 Å². The number of aryl methyl sites for hydroxylation is 1. The highest BCUT2D eigenvalue weighted by Crippen LogP contribution is 2.44. The predicted octanol–water partition coefficient (Wildman–Crippen LogP) is 15.2. The zero-order valence-electron chi connectivity index (χ0n) is 33.3. The first-order chi connectivity index (χ1) is 29.8. The average molecular weight is 767 g/mol. The third-order valence-electron chi connectivity index (χ3n) is 13.1. The molecule has 2 heterocycles. The number of benzene rings is 9. The van der Waals surface area contributed by atoms with Gasteiger partial charge in [-0.1, -0.05) is 152 Å². The Hall–Kier alpha value is -7.42. The van der Waals surface area contributed by atoms with E-state index in [1.807, 2.05) is 0 Å². The lowest BCUT2D eigenvalue weighted by Crippen LogP contribution is -2.05. The highest BCUT2D eigenvalue weighted by molar-refractivity contribution is 6.13. The second-order valence-corrected chi connectivity index (χ2v) is 16.4. The average Bonchev–Trinajstić information content (AvgIpc) is 3.77. The second-order valence-electron chi connectivity index (χ2n) is 16.4. The quantitative estimate of drug-likeness (QED) is 0.160. The van der Waals surface area contributed by atoms with E-state index in [0.717, 1.165) is 19.3 Å². The molecule has 9 aromatic carbocycles. The minimum absolute atomic E-state index is 0.408. The third-order valence-corrected chi connectivity index (χ3v) is 13.1. The summed E-state index contributed by atoms with van der Waals surface area (Å²) in [5.41, 5.74) is 19.4. The SMILES string of the molecule is c1ccc(-c2ccccc2CC2CCc3ccccc3-c3cc(-c4ccc5c(c4)c4ccccc4n5-c4ccc5c(c4)c4ccccc4n5-c4ccccc4)ccc32)cc1. The van der Waals surface area contributed by atoms with Gasteiger partial charge >= 0.3 is 0 Å². The van der Waals surface area contributed by atoms with Crippen LogP contribution in [0.3, 0.4) is 0 Å². The minimum atomic E-state index is 0.408. The molecule has 11 aromatic rings. The summed E-state index contributed by atoms with van der Waals surface area (Å²) in [6.07, 6.45) is 3.20. The monoisotopic (exact) mass is 766 g/mol. The van der Waals surface area contributed by atoms with E-state index >= 15 is 0 Å². The summed E-state index contributed by atoms with van der Waals surface area (Å²) in [5, 5.41) is 5.04. The fraction of sp³-hybridized carbons (Fsp3) is 0.0690. The van der Waals surface area contributed by atoms with Gasteiger partial charge in [-0.2, -0.15) is 0 Å². The lowest BCUT2D eigenvalue weighted by Gasteiger charge is -2.21. The fourth-order valence-corrected chi connectivity index (χ4v) is 10.3. The topological polar surface area (TPSA) is 9.86 Å². The fourth-order valence-electron chi connectivity index (χ4n) is 10.3. The maximum atomic E-state index is 2.48. The number of hydrogen-bond acceptors (Lipinski definition) is 0. The molecule has 2 heteroatoms. The molecule has 1 aliphatic carbocycles. The Bertz CT molecular complexity index is 3400. The van der Waals surface area contributed by atoms with Crippen molar-refractivity contribution in [3.05, 3.63) is 229 Å². The standard InChI is InChI=1S/C58H42N2/c1-3-15-39(16-4-1)47-21-9-8-18-43(47)35-44-28-27-40-17-7-10-22-48(40)52-36-41(29-32-49(44)52)42-30-33-57-53(37-42)50-23-11-14-26-56(50)60(57)46-31-34-58-54(38-46)51-24-12-13-25-55(51)59(58)45-19-5-2-6-20-45/h1-26,29-34,36-38,44H,27-28,35H2. The largest absolute Gasteiger partial charge is 0.309 e. The Morgan fingerprint density at radius 3 is 1.72 bits per heavy atom. The van der Waals surface area contributed by atoms with Crippen molar-refractivity contribution in [2.45, 2.75) is 25.2 Å². The molecule has 1 aliphatic rings. The molecule has 12 rings (SSSR count). The number of para-hydroxylation sites is 3. The molecule has 0 N–H and O–H groups in total. The van der Waals surface area contributed by atoms with E-state index in [0.29, 0.717) is 5.92 Å². The first kappa shape index (κ1) is 34.6. The van der Waals surface area contributed by atoms with Crippen LogP contribution in [-0.4, -0.2) is 9.13 Å². The molecule has 0 spiro atoms. The van der Waals surface area contributed by atoms with Gasteiger partial charge in [0.2, 0.25) is 0 Å². The van der Waals surface area contributed by atoms with Crippen LogP contribution in [0, 0.1) is 0 Å². The van der Waals surface area contributed by atoms with Crippen LogP contribution in [-0.2, 0) is 12.8 Å². The Kier molecular flexibility index (Phi) is 8.16. The molecule has 0 saturated heterocycles. The first-order valence-corrected chi connectivity index (χ1v) is 21.2. The van der Waals surface area contributed by atoms with Gasteiger partial charge < -0.3 is 9.13 Å². The van der Waals surface area contributed by atoms with Gasteiger partial charge in [0.25, 0.3) is 0 Å². The van der Waals surface area contributed by atoms with Gasteiger partial charge in [0.1, 0.15) is 0 Å². The van der Waals surface area contributed by atoms with Gasteiger partial charge in [-0.15, -0.1) is 0 Å². The highest BCUT2D eigenvalue weighted by atomic mass is 15.0. The Morgan fingerprint density at radius 2 is 0.933 bits per heavy atom. The number of hydrogen-bond donors (Lipinski definition) is 0. The molecular formula is C58H42N2. The molecule has 60 heavy (non-hydrogen) atoms. The van der Waals surface area contributed by atoms with E-state index in [1.165, 1.54) is 105 Å². The number of nitrogens with zero attached hydrogens (tertiary/aromatic N) is 2. The lowest BCUT2D eigenvalue weighted by molar-refractivity contribution is 0.629. The smallest absolute Gasteiger partial charge is 0.0542 e. The number of fused-ring (bicyclic) bond motifs is 9. The molecule has 2 aromatic heterocycles. The van der Waals surface area contributed by atoms with E-state index in [4.69, 9.17) is 0 Å². The maximum Gasteiger partial charge on any atom is 0.0542 e. The summed E-state index contributed by atoms with van der Waals surface area (Å²) < 4.78 is 4.84. The van der Waals surface area contributed by atoms with E-state index in [1.54, 1.807) is 0 Å². The summed E-state index contributed by atoms with van der Waals surface area (Å²) in [5.74, 6) is 0.408. The van der Waals surface area contributed by atoms with Crippen LogP contribution in [0.15, 0.2) is 212 Å². The molecule has 0 bridgehead atoms. The molecule has 0 fully saturated rings. The van der Waals surface area contributed by atoms with Gasteiger partial charge in [0.15, 0.2) is 0 Å². The Balaban J connectivity index is 0.978. The van der Waals surface area contributed by atoms with Crippen LogP contribution in [0.5, 0.6) is 0 Å². The predicted molar refractivity (Wildman–Crippen MR) is 253 cm³/mol. The van der Waals surface area contributed by atoms with Crippen molar-refractivity contribution < 1.29 is 0 Å². The van der Waals surface area contributed by atoms with E-state index in [9.17, 15) is 0 Å². The zero-order chi connectivity index (χ0) is 39.6. The molecule has 0 radical (unpaired) electrons. The van der Waals surface area contributed by atoms with E-state index in [2.05, 4.69) is 221 Å². The van der Waals surface area contributed by atoms with Gasteiger partial charge in [-0.3, -0.25) is 0 Å². The lowest BCUT2D eigenvalue weighted by atomic mass is 9.83. The molecule has 0 amide bonds. The van der Waals surface area contributed by atoms with Crippen molar-refractivity contribution in [2.75, 3.05) is 0 Å². The van der Waals surface area contributed by atoms with Crippen molar-refractivity contribution in [1.82, 2.24) is 9.13 Å². The van der Waals surface area contributed by atoms with Crippen LogP contribution in [0.4, 0.5) is 0 Å². The molecule has 1 unspecified atom stereocenters. The molecular weight excluding hydrogens is 725 g/mol. The van der Waals surface area contributed by atoms with Gasteiger partial charge in [0, 0.05) is 32.9 Å². The van der Waals surface area contributed by atoms with Crippen molar-refractivity contribution >= 4 is 43.6 Å². The van der Waals surface area contributed by atoms with Gasteiger partial charge in [-0.25, -0.2) is 0 Å². The number of rotatable bonds is 6. The van der Waals surface area contributed by atoms with Crippen LogP contribution >= 0.6 is 0 Å². The molecule has 0 aliphatic heterocycles. The van der Waals surface area contributed by atoms with Crippen molar-refractivity contribution in [3.8, 4) is 44.8 Å². The Morgan fingerprint density at radius 1 is 0.367 bits per heavy atom. The first-order valence-electron chi connectivity index (χ1n) is 21.2. The molecule has 0 saturated carbocycles. The number of aromatic nitrogens is 2. The zero-order valence-corrected chi connectivity index (χ0v) is 33.3. The van der Waals surface area contributed by atoms with Crippen molar-refractivity contribution in [3.63, 3.8) is 0 Å². The maximum absolute atomic E-state index is 2.48. The highest BCUT2D eigenvalue weighted by Gasteiger charge is 2.25. The van der Waals surface area contributed by atoms with Gasteiger partial charge in [0.05, 0.1) is 22.1 Å². The van der Waals surface area contributed by atoms with Crippen LogP contribution < -0.4 is 0 Å². The van der Waals surface area contributed by atoms with Gasteiger partial charge in [-0.05, 0) is 136 Å². The van der Waals surface area contributed by atoms with Crippen LogP contribution in [0.1, 0.15) is 29.0 Å². The van der Waals surface area contributed by atoms with Crippen LogP contribution in [0.25, 0.3) is 88.4 Å². The third kappa shape index (κ3) is 5.63. The van der Waals surface area contributed by atoms with E-state index in [-0.39, 0.29) is 0 Å². The van der Waals surface area contributed by atoms with E-state index < -0.39 is 0 Å². The minimum Gasteiger partial charge on any atom is -0.309 e. The molecule has 284 valence electrons. The summed E-state index contributed by atoms with van der Waals surface area (Å²) in [6, 6.07) is 78.7. The molecule has 2 nitrogen and oxygen atoms in total.